The molecule has 2 saturated heterocycles. The van der Waals surface area contributed by atoms with Crippen molar-refractivity contribution < 1.29 is 17.9 Å². The number of sulfonamides is 1. The zero-order valence-electron chi connectivity index (χ0n) is 17.8. The van der Waals surface area contributed by atoms with Crippen LogP contribution in [-0.2, 0) is 10.0 Å². The minimum atomic E-state index is -3.22. The molecule has 8 heteroatoms. The molecule has 1 amide bonds. The molecule has 2 aliphatic rings. The highest BCUT2D eigenvalue weighted by atomic mass is 32.2. The minimum Gasteiger partial charge on any atom is -0.497 e. The molecule has 31 heavy (non-hydrogen) atoms. The molecule has 2 aliphatic heterocycles. The van der Waals surface area contributed by atoms with E-state index in [4.69, 9.17) is 4.74 Å². The molecule has 2 aromatic rings. The third-order valence-electron chi connectivity index (χ3n) is 6.05. The van der Waals surface area contributed by atoms with Crippen molar-refractivity contribution in [2.24, 2.45) is 0 Å². The maximum atomic E-state index is 12.8. The molecule has 1 N–H and O–H groups in total. The van der Waals surface area contributed by atoms with E-state index >= 15 is 0 Å². The number of ether oxygens (including phenoxy) is 1. The second-order valence-corrected chi connectivity index (χ2v) is 10.0. The highest BCUT2D eigenvalue weighted by Crippen LogP contribution is 2.27. The van der Waals surface area contributed by atoms with Crippen molar-refractivity contribution in [3.05, 3.63) is 59.7 Å². The Morgan fingerprint density at radius 3 is 2.26 bits per heavy atom. The third kappa shape index (κ3) is 4.85. The van der Waals surface area contributed by atoms with E-state index in [0.29, 0.717) is 30.8 Å². The van der Waals surface area contributed by atoms with Crippen molar-refractivity contribution in [2.45, 2.75) is 25.3 Å². The van der Waals surface area contributed by atoms with Gasteiger partial charge in [-0.05, 0) is 74.3 Å². The quantitative estimate of drug-likeness (QED) is 0.712. The standard InChI is InChI=1S/C23H29N3O4S/c1-30-21-11-7-18(8-12-21)22(25-13-2-3-14-25)17-24-23(27)19-5-9-20(10-6-19)26-15-4-16-31(26,28)29/h5-12,22H,2-4,13-17H2,1H3,(H,24,27). The summed E-state index contributed by atoms with van der Waals surface area (Å²) in [5.74, 6) is 0.833. The lowest BCUT2D eigenvalue weighted by molar-refractivity contribution is 0.0938. The van der Waals surface area contributed by atoms with Gasteiger partial charge in [-0.15, -0.1) is 0 Å². The summed E-state index contributed by atoms with van der Waals surface area (Å²) in [4.78, 5) is 15.2. The lowest BCUT2D eigenvalue weighted by Gasteiger charge is -2.28. The number of likely N-dealkylation sites (tertiary alicyclic amines) is 1. The summed E-state index contributed by atoms with van der Waals surface area (Å²) in [6.07, 6.45) is 2.97. The van der Waals surface area contributed by atoms with E-state index in [1.165, 1.54) is 17.1 Å². The molecule has 0 spiro atoms. The maximum Gasteiger partial charge on any atom is 0.251 e. The van der Waals surface area contributed by atoms with Gasteiger partial charge in [-0.2, -0.15) is 0 Å². The van der Waals surface area contributed by atoms with Gasteiger partial charge in [0.25, 0.3) is 5.91 Å². The monoisotopic (exact) mass is 443 g/mol. The molecule has 0 bridgehead atoms. The summed E-state index contributed by atoms with van der Waals surface area (Å²) in [6.45, 7) is 3.04. The van der Waals surface area contributed by atoms with E-state index in [1.54, 1.807) is 31.4 Å². The van der Waals surface area contributed by atoms with Crippen molar-refractivity contribution in [3.63, 3.8) is 0 Å². The van der Waals surface area contributed by atoms with Crippen molar-refractivity contribution in [1.82, 2.24) is 10.2 Å². The Labute approximate surface area is 184 Å². The Morgan fingerprint density at radius 1 is 1.00 bits per heavy atom. The average Bonchev–Trinajstić information content (AvgIpc) is 3.44. The van der Waals surface area contributed by atoms with Gasteiger partial charge in [0.1, 0.15) is 5.75 Å². The first kappa shape index (κ1) is 21.6. The number of nitrogens with zero attached hydrogens (tertiary/aromatic N) is 2. The number of methoxy groups -OCH3 is 1. The zero-order valence-corrected chi connectivity index (χ0v) is 18.6. The summed E-state index contributed by atoms with van der Waals surface area (Å²) in [5, 5.41) is 3.06. The highest BCUT2D eigenvalue weighted by Gasteiger charge is 2.28. The third-order valence-corrected chi connectivity index (χ3v) is 7.92. The van der Waals surface area contributed by atoms with E-state index in [9.17, 15) is 13.2 Å². The van der Waals surface area contributed by atoms with Gasteiger partial charge >= 0.3 is 0 Å². The van der Waals surface area contributed by atoms with Crippen LogP contribution in [-0.4, -0.2) is 58.3 Å². The minimum absolute atomic E-state index is 0.103. The fourth-order valence-electron chi connectivity index (χ4n) is 4.34. The Kier molecular flexibility index (Phi) is 6.48. The van der Waals surface area contributed by atoms with Crippen LogP contribution in [0.15, 0.2) is 48.5 Å². The van der Waals surface area contributed by atoms with Crippen LogP contribution in [0.25, 0.3) is 0 Å². The zero-order chi connectivity index (χ0) is 21.8. The lowest BCUT2D eigenvalue weighted by atomic mass is 10.0. The molecule has 7 nitrogen and oxygen atoms in total. The topological polar surface area (TPSA) is 79.0 Å². The molecule has 4 rings (SSSR count). The van der Waals surface area contributed by atoms with E-state index in [2.05, 4.69) is 22.3 Å². The second-order valence-electron chi connectivity index (χ2n) is 8.03. The van der Waals surface area contributed by atoms with Crippen LogP contribution in [0.2, 0.25) is 0 Å². The summed E-state index contributed by atoms with van der Waals surface area (Å²) in [7, 11) is -1.57. The normalized spacial score (nSPS) is 19.3. The van der Waals surface area contributed by atoms with E-state index in [0.717, 1.165) is 24.4 Å². The molecule has 1 atom stereocenters. The van der Waals surface area contributed by atoms with Crippen LogP contribution in [0.4, 0.5) is 5.69 Å². The van der Waals surface area contributed by atoms with Crippen LogP contribution < -0.4 is 14.4 Å². The molecule has 1 unspecified atom stereocenters. The molecular formula is C23H29N3O4S. The van der Waals surface area contributed by atoms with Gasteiger partial charge in [0.2, 0.25) is 10.0 Å². The van der Waals surface area contributed by atoms with Crippen LogP contribution in [0, 0.1) is 0 Å². The molecular weight excluding hydrogens is 414 g/mol. The molecule has 166 valence electrons. The van der Waals surface area contributed by atoms with Gasteiger partial charge in [0.05, 0.1) is 24.6 Å². The number of carbonyl (C=O) groups excluding carboxylic acids is 1. The number of rotatable bonds is 7. The van der Waals surface area contributed by atoms with Crippen LogP contribution in [0.1, 0.15) is 41.2 Å². The van der Waals surface area contributed by atoms with Crippen molar-refractivity contribution in [1.29, 1.82) is 0 Å². The lowest BCUT2D eigenvalue weighted by Crippen LogP contribution is -2.36. The Morgan fingerprint density at radius 2 is 1.68 bits per heavy atom. The smallest absolute Gasteiger partial charge is 0.251 e. The van der Waals surface area contributed by atoms with Gasteiger partial charge in [-0.3, -0.25) is 14.0 Å². The number of hydrogen-bond acceptors (Lipinski definition) is 5. The number of benzene rings is 2. The first-order chi connectivity index (χ1) is 15.0. The first-order valence-electron chi connectivity index (χ1n) is 10.7. The molecule has 0 aromatic heterocycles. The molecule has 0 aliphatic carbocycles. The SMILES string of the molecule is COc1ccc(C(CNC(=O)c2ccc(N3CCCS3(=O)=O)cc2)N2CCCC2)cc1. The second kappa shape index (κ2) is 9.28. The Hall–Kier alpha value is -2.58. The highest BCUT2D eigenvalue weighted by molar-refractivity contribution is 7.93. The van der Waals surface area contributed by atoms with Gasteiger partial charge < -0.3 is 10.1 Å². The molecule has 2 aromatic carbocycles. The Balaban J connectivity index is 1.43. The fraction of sp³-hybridized carbons (Fsp3) is 0.435. The van der Waals surface area contributed by atoms with Gasteiger partial charge in [0, 0.05) is 18.7 Å². The fourth-order valence-corrected chi connectivity index (χ4v) is 5.90. The number of amides is 1. The molecule has 0 radical (unpaired) electrons. The average molecular weight is 444 g/mol. The van der Waals surface area contributed by atoms with Crippen LogP contribution in [0.3, 0.4) is 0 Å². The van der Waals surface area contributed by atoms with Crippen molar-refractivity contribution in [3.8, 4) is 5.75 Å². The summed E-state index contributed by atoms with van der Waals surface area (Å²) < 4.78 is 30.9. The number of carbonyl (C=O) groups is 1. The van der Waals surface area contributed by atoms with Gasteiger partial charge in [-0.25, -0.2) is 8.42 Å². The summed E-state index contributed by atoms with van der Waals surface area (Å²) >= 11 is 0. The Bertz CT molecular complexity index is 1000. The summed E-state index contributed by atoms with van der Waals surface area (Å²) in [5.41, 5.74) is 2.29. The summed E-state index contributed by atoms with van der Waals surface area (Å²) in [6, 6.07) is 14.9. The van der Waals surface area contributed by atoms with Crippen molar-refractivity contribution in [2.75, 3.05) is 43.3 Å². The van der Waals surface area contributed by atoms with E-state index < -0.39 is 10.0 Å². The van der Waals surface area contributed by atoms with E-state index in [1.807, 2.05) is 12.1 Å². The largest absolute Gasteiger partial charge is 0.497 e. The predicted molar refractivity (Wildman–Crippen MR) is 121 cm³/mol. The van der Waals surface area contributed by atoms with Crippen LogP contribution in [0.5, 0.6) is 5.75 Å². The predicted octanol–water partition coefficient (Wildman–Crippen LogP) is 2.80. The first-order valence-corrected chi connectivity index (χ1v) is 12.4. The van der Waals surface area contributed by atoms with Crippen LogP contribution >= 0.6 is 0 Å². The van der Waals surface area contributed by atoms with Gasteiger partial charge in [0.15, 0.2) is 0 Å². The molecule has 0 saturated carbocycles. The van der Waals surface area contributed by atoms with E-state index in [-0.39, 0.29) is 17.7 Å². The number of nitrogens with one attached hydrogen (secondary N) is 1. The molecule has 2 heterocycles. The number of hydrogen-bond donors (Lipinski definition) is 1. The maximum absolute atomic E-state index is 12.8. The van der Waals surface area contributed by atoms with Crippen molar-refractivity contribution >= 4 is 21.6 Å². The molecule has 2 fully saturated rings. The van der Waals surface area contributed by atoms with Gasteiger partial charge in [-0.1, -0.05) is 12.1 Å². The number of anilines is 1.